The highest BCUT2D eigenvalue weighted by Crippen LogP contribution is 2.23. The van der Waals surface area contributed by atoms with Crippen molar-refractivity contribution in [3.05, 3.63) is 11.5 Å². The second kappa shape index (κ2) is 10.8. The normalized spacial score (nSPS) is 17.3. The average molecular weight is 341 g/mol. The summed E-state index contributed by atoms with van der Waals surface area (Å²) in [5, 5.41) is 0. The molecule has 1 atom stereocenters. The van der Waals surface area contributed by atoms with Crippen LogP contribution in [-0.4, -0.2) is 50.2 Å². The van der Waals surface area contributed by atoms with E-state index in [1.165, 1.54) is 0 Å². The largest absolute Gasteiger partial charge is 0.495 e. The van der Waals surface area contributed by atoms with Gasteiger partial charge in [-0.1, -0.05) is 0 Å². The molecule has 1 unspecified atom stereocenters. The van der Waals surface area contributed by atoms with Crippen molar-refractivity contribution >= 4 is 17.7 Å². The van der Waals surface area contributed by atoms with Gasteiger partial charge in [0.15, 0.2) is 0 Å². The van der Waals surface area contributed by atoms with E-state index in [2.05, 4.69) is 4.99 Å². The number of allylic oxidation sites excluding steroid dienone is 1. The molecule has 24 heavy (non-hydrogen) atoms. The fourth-order valence-corrected chi connectivity index (χ4v) is 2.21. The predicted molar refractivity (Wildman–Crippen MR) is 88.6 cm³/mol. The molecular formula is C17H27NO6. The number of ether oxygens (including phenoxy) is 4. The van der Waals surface area contributed by atoms with Crippen LogP contribution in [0.25, 0.3) is 0 Å². The van der Waals surface area contributed by atoms with E-state index in [9.17, 15) is 9.59 Å². The SMILES string of the molecule is CCOC(=O)CCOC1=C(C)N=C(C)C(OCCC(=O)OCC)C1. The number of aliphatic imine (C=N–C) groups is 1. The number of carbonyl (C=O) groups is 2. The number of rotatable bonds is 10. The van der Waals surface area contributed by atoms with Crippen molar-refractivity contribution in [2.45, 2.75) is 53.1 Å². The minimum atomic E-state index is -0.284. The van der Waals surface area contributed by atoms with Crippen LogP contribution >= 0.6 is 0 Å². The Bertz CT molecular complexity index is 497. The highest BCUT2D eigenvalue weighted by atomic mass is 16.5. The summed E-state index contributed by atoms with van der Waals surface area (Å²) in [4.78, 5) is 27.1. The second-order valence-corrected chi connectivity index (χ2v) is 5.28. The molecule has 0 aromatic rings. The molecule has 0 saturated carbocycles. The van der Waals surface area contributed by atoms with Crippen molar-refractivity contribution < 1.29 is 28.5 Å². The zero-order valence-electron chi connectivity index (χ0n) is 14.9. The van der Waals surface area contributed by atoms with E-state index in [1.54, 1.807) is 13.8 Å². The first-order valence-electron chi connectivity index (χ1n) is 8.28. The third kappa shape index (κ3) is 7.12. The van der Waals surface area contributed by atoms with E-state index in [4.69, 9.17) is 18.9 Å². The van der Waals surface area contributed by atoms with Crippen LogP contribution in [0, 0.1) is 0 Å². The van der Waals surface area contributed by atoms with Gasteiger partial charge in [-0.3, -0.25) is 14.6 Å². The number of nitrogens with zero attached hydrogens (tertiary/aromatic N) is 1. The topological polar surface area (TPSA) is 83.4 Å². The van der Waals surface area contributed by atoms with Gasteiger partial charge in [-0.15, -0.1) is 0 Å². The van der Waals surface area contributed by atoms with E-state index in [-0.39, 0.29) is 44.1 Å². The van der Waals surface area contributed by atoms with Gasteiger partial charge in [0.1, 0.15) is 11.9 Å². The van der Waals surface area contributed by atoms with E-state index < -0.39 is 0 Å². The first kappa shape index (κ1) is 20.2. The zero-order valence-corrected chi connectivity index (χ0v) is 14.9. The average Bonchev–Trinajstić information content (AvgIpc) is 2.51. The highest BCUT2D eigenvalue weighted by molar-refractivity contribution is 5.88. The summed E-state index contributed by atoms with van der Waals surface area (Å²) in [6, 6.07) is 0. The van der Waals surface area contributed by atoms with Gasteiger partial charge >= 0.3 is 11.9 Å². The van der Waals surface area contributed by atoms with Crippen molar-refractivity contribution in [3.8, 4) is 0 Å². The van der Waals surface area contributed by atoms with Crippen LogP contribution in [0.15, 0.2) is 16.4 Å². The Kier molecular flexibility index (Phi) is 9.07. The summed E-state index contributed by atoms with van der Waals surface area (Å²) in [6.45, 7) is 8.52. The quantitative estimate of drug-likeness (QED) is 0.567. The van der Waals surface area contributed by atoms with E-state index in [0.717, 1.165) is 11.4 Å². The number of hydrogen-bond donors (Lipinski definition) is 0. The van der Waals surface area contributed by atoms with Gasteiger partial charge in [0.05, 0.1) is 45.0 Å². The Morgan fingerprint density at radius 3 is 2.21 bits per heavy atom. The summed E-state index contributed by atoms with van der Waals surface area (Å²) in [6.07, 6.45) is 0.703. The van der Waals surface area contributed by atoms with Gasteiger partial charge < -0.3 is 18.9 Å². The Morgan fingerprint density at radius 1 is 1.04 bits per heavy atom. The van der Waals surface area contributed by atoms with Gasteiger partial charge in [0, 0.05) is 12.1 Å². The number of hydrogen-bond acceptors (Lipinski definition) is 7. The van der Waals surface area contributed by atoms with Gasteiger partial charge in [-0.2, -0.15) is 0 Å². The molecule has 1 aliphatic rings. The van der Waals surface area contributed by atoms with Crippen molar-refractivity contribution in [1.82, 2.24) is 0 Å². The lowest BCUT2D eigenvalue weighted by Gasteiger charge is -2.24. The Labute approximate surface area is 143 Å². The molecule has 0 bridgehead atoms. The molecule has 0 aliphatic carbocycles. The van der Waals surface area contributed by atoms with Gasteiger partial charge in [0.2, 0.25) is 0 Å². The van der Waals surface area contributed by atoms with Crippen LogP contribution in [0.4, 0.5) is 0 Å². The Hall–Kier alpha value is -1.89. The Morgan fingerprint density at radius 2 is 1.62 bits per heavy atom. The maximum Gasteiger partial charge on any atom is 0.309 e. The molecule has 136 valence electrons. The van der Waals surface area contributed by atoms with E-state index in [1.807, 2.05) is 13.8 Å². The third-order valence-electron chi connectivity index (χ3n) is 3.40. The maximum absolute atomic E-state index is 11.3. The third-order valence-corrected chi connectivity index (χ3v) is 3.40. The van der Waals surface area contributed by atoms with Crippen molar-refractivity contribution in [3.63, 3.8) is 0 Å². The van der Waals surface area contributed by atoms with Crippen molar-refractivity contribution in [1.29, 1.82) is 0 Å². The lowest BCUT2D eigenvalue weighted by Crippen LogP contribution is -2.28. The van der Waals surface area contributed by atoms with Crippen molar-refractivity contribution in [2.75, 3.05) is 26.4 Å². The minimum Gasteiger partial charge on any atom is -0.495 e. The summed E-state index contributed by atoms with van der Waals surface area (Å²) in [5.74, 6) is 0.139. The minimum absolute atomic E-state index is 0.196. The molecule has 7 heteroatoms. The summed E-state index contributed by atoms with van der Waals surface area (Å²) in [7, 11) is 0. The molecule has 0 radical (unpaired) electrons. The summed E-state index contributed by atoms with van der Waals surface area (Å²) < 4.78 is 21.1. The molecule has 7 nitrogen and oxygen atoms in total. The van der Waals surface area contributed by atoms with Gasteiger partial charge in [0.25, 0.3) is 0 Å². The Balaban J connectivity index is 2.43. The molecule has 0 spiro atoms. The van der Waals surface area contributed by atoms with E-state index in [0.29, 0.717) is 25.4 Å². The van der Waals surface area contributed by atoms with Crippen molar-refractivity contribution in [2.24, 2.45) is 4.99 Å². The molecule has 0 amide bonds. The lowest BCUT2D eigenvalue weighted by atomic mass is 10.1. The van der Waals surface area contributed by atoms with Crippen LogP contribution in [0.1, 0.15) is 47.0 Å². The zero-order chi connectivity index (χ0) is 17.9. The fraction of sp³-hybridized carbons (Fsp3) is 0.706. The second-order valence-electron chi connectivity index (χ2n) is 5.28. The first-order chi connectivity index (χ1) is 11.5. The first-order valence-corrected chi connectivity index (χ1v) is 8.28. The molecule has 0 N–H and O–H groups in total. The van der Waals surface area contributed by atoms with Gasteiger partial charge in [-0.25, -0.2) is 0 Å². The monoisotopic (exact) mass is 341 g/mol. The maximum atomic E-state index is 11.3. The standard InChI is InChI=1S/C17H27NO6/c1-5-21-16(19)7-9-23-14-11-15(13(4)18-12(14)3)24-10-8-17(20)22-6-2/h14H,5-11H2,1-4H3. The highest BCUT2D eigenvalue weighted by Gasteiger charge is 2.23. The number of carbonyl (C=O) groups excluding carboxylic acids is 2. The molecule has 1 heterocycles. The fourth-order valence-electron chi connectivity index (χ4n) is 2.21. The van der Waals surface area contributed by atoms with Gasteiger partial charge in [-0.05, 0) is 27.7 Å². The summed E-state index contributed by atoms with van der Waals surface area (Å²) >= 11 is 0. The van der Waals surface area contributed by atoms with Crippen LogP contribution in [0.3, 0.4) is 0 Å². The van der Waals surface area contributed by atoms with Crippen LogP contribution in [0.2, 0.25) is 0 Å². The van der Waals surface area contributed by atoms with Crippen LogP contribution < -0.4 is 0 Å². The molecule has 1 aliphatic heterocycles. The molecule has 0 fully saturated rings. The van der Waals surface area contributed by atoms with Crippen LogP contribution in [0.5, 0.6) is 0 Å². The molecular weight excluding hydrogens is 314 g/mol. The molecule has 0 aromatic carbocycles. The van der Waals surface area contributed by atoms with E-state index >= 15 is 0 Å². The lowest BCUT2D eigenvalue weighted by molar-refractivity contribution is -0.145. The smallest absolute Gasteiger partial charge is 0.309 e. The summed E-state index contributed by atoms with van der Waals surface area (Å²) in [5.41, 5.74) is 1.62. The molecule has 0 saturated heterocycles. The molecule has 1 rings (SSSR count). The predicted octanol–water partition coefficient (Wildman–Crippen LogP) is 2.39. The molecule has 0 aromatic heterocycles. The number of esters is 2. The van der Waals surface area contributed by atoms with Crippen LogP contribution in [-0.2, 0) is 28.5 Å².